The van der Waals surface area contributed by atoms with E-state index in [4.69, 9.17) is 10.00 Å². The molecule has 1 fully saturated rings. The van der Waals surface area contributed by atoms with Gasteiger partial charge in [-0.05, 0) is 44.9 Å². The van der Waals surface area contributed by atoms with Gasteiger partial charge in [-0.3, -0.25) is 9.58 Å². The maximum atomic E-state index is 14.2. The number of ether oxygens (including phenoxy) is 1. The van der Waals surface area contributed by atoms with Crippen LogP contribution in [0.5, 0.6) is 5.75 Å². The van der Waals surface area contributed by atoms with Crippen LogP contribution in [0, 0.1) is 17.3 Å². The first-order chi connectivity index (χ1) is 14.5. The first-order valence-electron chi connectivity index (χ1n) is 10.2. The Morgan fingerprint density at radius 2 is 1.97 bits per heavy atom. The number of aromatic nitrogens is 2. The van der Waals surface area contributed by atoms with E-state index in [9.17, 15) is 12.8 Å². The fourth-order valence-corrected chi connectivity index (χ4v) is 4.80. The lowest BCUT2D eigenvalue weighted by Gasteiger charge is -2.19. The number of nitriles is 1. The maximum absolute atomic E-state index is 14.2. The van der Waals surface area contributed by atoms with Gasteiger partial charge in [0.1, 0.15) is 5.82 Å². The quantitative estimate of drug-likeness (QED) is 0.590. The predicted octanol–water partition coefficient (Wildman–Crippen LogP) is 3.18. The second kappa shape index (κ2) is 8.94. The number of nitrogens with one attached hydrogen (secondary N) is 1. The summed E-state index contributed by atoms with van der Waals surface area (Å²) in [5.74, 6) is -0.483. The van der Waals surface area contributed by atoms with Crippen molar-refractivity contribution in [3.8, 4) is 12.0 Å². The number of halogens is 1. The zero-order valence-electron chi connectivity index (χ0n) is 18.4. The Labute approximate surface area is 182 Å². The molecule has 1 unspecified atom stereocenters. The molecule has 1 aliphatic carbocycles. The van der Waals surface area contributed by atoms with E-state index in [1.165, 1.54) is 12.1 Å². The Kier molecular flexibility index (Phi) is 6.69. The number of rotatable bonds is 9. The number of hydrogen-bond acceptors (Lipinski definition) is 6. The summed E-state index contributed by atoms with van der Waals surface area (Å²) in [5, 5.41) is 13.1. The lowest BCUT2D eigenvalue weighted by atomic mass is 9.96. The summed E-state index contributed by atoms with van der Waals surface area (Å²) in [6.45, 7) is 5.85. The van der Waals surface area contributed by atoms with E-state index < -0.39 is 21.9 Å². The van der Waals surface area contributed by atoms with Crippen molar-refractivity contribution < 1.29 is 17.5 Å². The molecule has 10 heteroatoms. The summed E-state index contributed by atoms with van der Waals surface area (Å²) >= 11 is 0. The van der Waals surface area contributed by atoms with Crippen molar-refractivity contribution in [1.29, 1.82) is 5.26 Å². The highest BCUT2D eigenvalue weighted by Gasteiger charge is 2.29. The molecule has 1 aliphatic rings. The maximum Gasteiger partial charge on any atom is 0.292 e. The van der Waals surface area contributed by atoms with Gasteiger partial charge in [0, 0.05) is 42.9 Å². The molecule has 168 valence electrons. The van der Waals surface area contributed by atoms with Crippen LogP contribution in [0.2, 0.25) is 0 Å². The van der Waals surface area contributed by atoms with E-state index in [0.717, 1.165) is 18.5 Å². The van der Waals surface area contributed by atoms with E-state index in [1.807, 2.05) is 20.9 Å². The molecule has 1 saturated carbocycles. The highest BCUT2D eigenvalue weighted by molar-refractivity contribution is 7.89. The Morgan fingerprint density at radius 3 is 2.55 bits per heavy atom. The average Bonchev–Trinajstić information content (AvgIpc) is 3.46. The van der Waals surface area contributed by atoms with E-state index in [-0.39, 0.29) is 22.3 Å². The van der Waals surface area contributed by atoms with Crippen molar-refractivity contribution >= 4 is 10.0 Å². The molecule has 8 nitrogen and oxygen atoms in total. The number of sulfonamides is 1. The van der Waals surface area contributed by atoms with E-state index in [2.05, 4.69) is 14.7 Å². The van der Waals surface area contributed by atoms with Crippen LogP contribution in [-0.4, -0.2) is 36.2 Å². The number of hydrogen-bond donors (Lipinski definition) is 1. The molecule has 0 amide bonds. The second-order valence-corrected chi connectivity index (χ2v) is 10.0. The highest BCUT2D eigenvalue weighted by Crippen LogP contribution is 2.35. The monoisotopic (exact) mass is 449 g/mol. The van der Waals surface area contributed by atoms with Crippen molar-refractivity contribution in [3.63, 3.8) is 0 Å². The molecule has 1 atom stereocenters. The van der Waals surface area contributed by atoms with Crippen LogP contribution in [0.25, 0.3) is 0 Å². The third kappa shape index (κ3) is 5.23. The van der Waals surface area contributed by atoms with Crippen molar-refractivity contribution in [2.75, 3.05) is 7.05 Å². The van der Waals surface area contributed by atoms with Crippen LogP contribution in [0.3, 0.4) is 0 Å². The minimum Gasteiger partial charge on any atom is -0.387 e. The van der Waals surface area contributed by atoms with Crippen LogP contribution in [0.15, 0.2) is 23.2 Å². The molecule has 0 saturated heterocycles. The molecule has 0 bridgehead atoms. The number of nitrogens with zero attached hydrogens (tertiary/aromatic N) is 4. The van der Waals surface area contributed by atoms with Gasteiger partial charge in [-0.1, -0.05) is 13.8 Å². The van der Waals surface area contributed by atoms with Gasteiger partial charge >= 0.3 is 0 Å². The lowest BCUT2D eigenvalue weighted by molar-refractivity contribution is 0.307. The van der Waals surface area contributed by atoms with Gasteiger partial charge in [0.05, 0.1) is 5.69 Å². The van der Waals surface area contributed by atoms with E-state index in [0.29, 0.717) is 18.2 Å². The molecule has 1 heterocycles. The standard InChI is InChI=1S/C21H28FN5O3S/c1-13(2)18-8-15(22)9-19(21(18)30-12-23)14(3)25-31(28,29)20-10-17(27(5)24-20)11-26(4)16-6-7-16/h8-10,13-14,16,25H,6-7,11H2,1-5H3. The molecule has 0 radical (unpaired) electrons. The molecule has 0 aliphatic heterocycles. The molecule has 1 aromatic carbocycles. The van der Waals surface area contributed by atoms with Gasteiger partial charge in [-0.15, -0.1) is 5.26 Å². The van der Waals surface area contributed by atoms with Gasteiger partial charge in [-0.2, -0.15) is 5.10 Å². The Balaban J connectivity index is 1.87. The molecule has 1 N–H and O–H groups in total. The number of benzene rings is 1. The molecule has 31 heavy (non-hydrogen) atoms. The van der Waals surface area contributed by atoms with Gasteiger partial charge in [0.25, 0.3) is 16.3 Å². The minimum atomic E-state index is -3.99. The van der Waals surface area contributed by atoms with Crippen LogP contribution in [-0.2, 0) is 23.6 Å². The highest BCUT2D eigenvalue weighted by atomic mass is 32.2. The first kappa shape index (κ1) is 23.2. The third-order valence-electron chi connectivity index (χ3n) is 5.49. The Hall–Kier alpha value is -2.48. The third-order valence-corrected chi connectivity index (χ3v) is 6.90. The molecule has 0 spiro atoms. The molecule has 3 rings (SSSR count). The van der Waals surface area contributed by atoms with Crippen molar-refractivity contribution in [3.05, 3.63) is 40.8 Å². The second-order valence-electron chi connectivity index (χ2n) is 8.35. The fourth-order valence-electron chi connectivity index (χ4n) is 3.56. The van der Waals surface area contributed by atoms with Gasteiger partial charge in [-0.25, -0.2) is 17.5 Å². The molecular weight excluding hydrogens is 421 g/mol. The largest absolute Gasteiger partial charge is 0.387 e. The van der Waals surface area contributed by atoms with Gasteiger partial charge in [0.15, 0.2) is 10.8 Å². The number of aryl methyl sites for hydroxylation is 1. The van der Waals surface area contributed by atoms with E-state index in [1.54, 1.807) is 31.0 Å². The zero-order valence-corrected chi connectivity index (χ0v) is 19.2. The van der Waals surface area contributed by atoms with E-state index >= 15 is 0 Å². The summed E-state index contributed by atoms with van der Waals surface area (Å²) in [5.41, 5.74) is 1.52. The first-order valence-corrected chi connectivity index (χ1v) is 11.7. The topological polar surface area (TPSA) is 100 Å². The SMILES string of the molecule is CC(C)c1cc(F)cc(C(C)NS(=O)(=O)c2cc(CN(C)C3CC3)n(C)n2)c1OC#N. The van der Waals surface area contributed by atoms with Gasteiger partial charge < -0.3 is 4.74 Å². The minimum absolute atomic E-state index is 0.107. The van der Waals surface area contributed by atoms with Crippen molar-refractivity contribution in [1.82, 2.24) is 19.4 Å². The zero-order chi connectivity index (χ0) is 22.9. The lowest BCUT2D eigenvalue weighted by Crippen LogP contribution is -2.28. The van der Waals surface area contributed by atoms with Crippen LogP contribution in [0.4, 0.5) is 4.39 Å². The van der Waals surface area contributed by atoms with Crippen LogP contribution in [0.1, 0.15) is 62.4 Å². The summed E-state index contributed by atoms with van der Waals surface area (Å²) < 4.78 is 49.4. The fraction of sp³-hybridized carbons (Fsp3) is 0.524. The van der Waals surface area contributed by atoms with Crippen LogP contribution >= 0.6 is 0 Å². The summed E-state index contributed by atoms with van der Waals surface area (Å²) in [7, 11) is -0.275. The van der Waals surface area contributed by atoms with Gasteiger partial charge in [0.2, 0.25) is 0 Å². The molecule has 2 aromatic rings. The molecule has 1 aromatic heterocycles. The summed E-state index contributed by atoms with van der Waals surface area (Å²) in [4.78, 5) is 2.18. The van der Waals surface area contributed by atoms with Crippen molar-refractivity contribution in [2.45, 2.75) is 63.2 Å². The van der Waals surface area contributed by atoms with Crippen LogP contribution < -0.4 is 9.46 Å². The Morgan fingerprint density at radius 1 is 1.32 bits per heavy atom. The molecular formula is C21H28FN5O3S. The predicted molar refractivity (Wildman–Crippen MR) is 113 cm³/mol. The smallest absolute Gasteiger partial charge is 0.292 e. The average molecular weight is 450 g/mol. The Bertz CT molecular complexity index is 1100. The summed E-state index contributed by atoms with van der Waals surface area (Å²) in [6, 6.07) is 3.71. The summed E-state index contributed by atoms with van der Waals surface area (Å²) in [6.07, 6.45) is 3.91. The van der Waals surface area contributed by atoms with Crippen molar-refractivity contribution in [2.24, 2.45) is 7.05 Å². The normalized spacial score (nSPS) is 15.3.